The molecule has 1 aliphatic rings. The molecule has 1 aromatic heterocycles. The fourth-order valence-corrected chi connectivity index (χ4v) is 2.62. The summed E-state index contributed by atoms with van der Waals surface area (Å²) in [6.07, 6.45) is 2.61. The average Bonchev–Trinajstić information content (AvgIpc) is 2.96. The Morgan fingerprint density at radius 1 is 1.44 bits per heavy atom. The molecule has 1 fully saturated rings. The molecule has 0 saturated carbocycles. The van der Waals surface area contributed by atoms with Gasteiger partial charge in [-0.1, -0.05) is 6.07 Å². The zero-order valence-corrected chi connectivity index (χ0v) is 10.8. The van der Waals surface area contributed by atoms with Gasteiger partial charge in [-0.15, -0.1) is 0 Å². The lowest BCUT2D eigenvalue weighted by atomic mass is 10.2. The van der Waals surface area contributed by atoms with Crippen molar-refractivity contribution in [3.05, 3.63) is 29.6 Å². The Labute approximate surface area is 107 Å². The Kier molecular flexibility index (Phi) is 3.30. The van der Waals surface area contributed by atoms with E-state index in [9.17, 15) is 0 Å². The van der Waals surface area contributed by atoms with Crippen LogP contribution in [-0.4, -0.2) is 29.1 Å². The minimum absolute atomic E-state index is 0.656. The van der Waals surface area contributed by atoms with Crippen molar-refractivity contribution in [2.45, 2.75) is 32.4 Å². The summed E-state index contributed by atoms with van der Waals surface area (Å²) in [4.78, 5) is 7.69. The van der Waals surface area contributed by atoms with Gasteiger partial charge in [0.2, 0.25) is 0 Å². The molecule has 1 atom stereocenters. The fraction of sp³-hybridized carbons (Fsp3) is 0.500. The first-order valence-corrected chi connectivity index (χ1v) is 6.70. The number of aromatic amines is 1. The lowest BCUT2D eigenvalue weighted by Crippen LogP contribution is -2.33. The van der Waals surface area contributed by atoms with Crippen LogP contribution in [0.2, 0.25) is 0 Å². The highest BCUT2D eigenvalue weighted by Crippen LogP contribution is 2.13. The van der Waals surface area contributed by atoms with Gasteiger partial charge < -0.3 is 15.6 Å². The average molecular weight is 244 g/mol. The summed E-state index contributed by atoms with van der Waals surface area (Å²) < 4.78 is 0. The molecule has 4 nitrogen and oxygen atoms in total. The Morgan fingerprint density at radius 2 is 2.39 bits per heavy atom. The van der Waals surface area contributed by atoms with Crippen molar-refractivity contribution in [1.29, 1.82) is 0 Å². The third-order valence-corrected chi connectivity index (χ3v) is 3.55. The zero-order valence-electron chi connectivity index (χ0n) is 10.8. The second-order valence-corrected chi connectivity index (χ2v) is 5.10. The zero-order chi connectivity index (χ0) is 12.4. The first kappa shape index (κ1) is 11.7. The van der Waals surface area contributed by atoms with Crippen molar-refractivity contribution < 1.29 is 0 Å². The van der Waals surface area contributed by atoms with E-state index in [1.165, 1.54) is 24.9 Å². The number of benzene rings is 1. The Balaban J connectivity index is 1.59. The molecule has 0 spiro atoms. The Bertz CT molecular complexity index is 526. The van der Waals surface area contributed by atoms with Gasteiger partial charge >= 0.3 is 0 Å². The van der Waals surface area contributed by atoms with Gasteiger partial charge in [-0.3, -0.25) is 0 Å². The van der Waals surface area contributed by atoms with E-state index in [1.54, 1.807) is 0 Å². The minimum atomic E-state index is 0.656. The predicted octanol–water partition coefficient (Wildman–Crippen LogP) is 1.71. The summed E-state index contributed by atoms with van der Waals surface area (Å²) in [7, 11) is 0. The molecule has 1 unspecified atom stereocenters. The van der Waals surface area contributed by atoms with Crippen molar-refractivity contribution in [3.63, 3.8) is 0 Å². The highest BCUT2D eigenvalue weighted by molar-refractivity contribution is 5.75. The van der Waals surface area contributed by atoms with Crippen LogP contribution in [0.25, 0.3) is 11.0 Å². The lowest BCUT2D eigenvalue weighted by molar-refractivity contribution is 0.536. The van der Waals surface area contributed by atoms with Crippen LogP contribution in [-0.2, 0) is 6.54 Å². The SMILES string of the molecule is Cc1nc2ccc(CNCC3CCCN3)cc2[nH]1. The van der Waals surface area contributed by atoms with Crippen LogP contribution >= 0.6 is 0 Å². The lowest BCUT2D eigenvalue weighted by Gasteiger charge is -2.11. The van der Waals surface area contributed by atoms with Crippen molar-refractivity contribution in [1.82, 2.24) is 20.6 Å². The highest BCUT2D eigenvalue weighted by Gasteiger charge is 2.12. The monoisotopic (exact) mass is 244 g/mol. The number of aryl methyl sites for hydroxylation is 1. The van der Waals surface area contributed by atoms with E-state index in [2.05, 4.69) is 38.8 Å². The number of imidazole rings is 1. The first-order chi connectivity index (χ1) is 8.81. The molecule has 18 heavy (non-hydrogen) atoms. The number of nitrogens with one attached hydrogen (secondary N) is 3. The van der Waals surface area contributed by atoms with E-state index < -0.39 is 0 Å². The number of aromatic nitrogens is 2. The molecule has 0 bridgehead atoms. The molecule has 0 radical (unpaired) electrons. The van der Waals surface area contributed by atoms with Gasteiger partial charge in [0.25, 0.3) is 0 Å². The van der Waals surface area contributed by atoms with Crippen molar-refractivity contribution in [2.24, 2.45) is 0 Å². The summed E-state index contributed by atoms with van der Waals surface area (Å²) in [6.45, 7) is 5.14. The fourth-order valence-electron chi connectivity index (χ4n) is 2.62. The minimum Gasteiger partial charge on any atom is -0.342 e. The molecule has 0 aliphatic carbocycles. The van der Waals surface area contributed by atoms with Crippen LogP contribution < -0.4 is 10.6 Å². The molecule has 3 N–H and O–H groups in total. The molecular formula is C14H20N4. The first-order valence-electron chi connectivity index (χ1n) is 6.70. The predicted molar refractivity (Wildman–Crippen MR) is 73.6 cm³/mol. The molecular weight excluding hydrogens is 224 g/mol. The number of rotatable bonds is 4. The summed E-state index contributed by atoms with van der Waals surface area (Å²) in [5, 5.41) is 7.02. The molecule has 1 saturated heterocycles. The molecule has 0 amide bonds. The summed E-state index contributed by atoms with van der Waals surface area (Å²) in [6, 6.07) is 7.08. The standard InChI is InChI=1S/C14H20N4/c1-10-17-13-5-4-11(7-14(13)18-10)8-15-9-12-3-2-6-16-12/h4-5,7,12,15-16H,2-3,6,8-9H2,1H3,(H,17,18). The van der Waals surface area contributed by atoms with Gasteiger partial charge in [0, 0.05) is 19.1 Å². The quantitative estimate of drug-likeness (QED) is 0.767. The highest BCUT2D eigenvalue weighted by atomic mass is 15.0. The molecule has 3 rings (SSSR count). The van der Waals surface area contributed by atoms with Crippen LogP contribution in [0, 0.1) is 6.92 Å². The third-order valence-electron chi connectivity index (χ3n) is 3.55. The third kappa shape index (κ3) is 2.54. The normalized spacial score (nSPS) is 19.7. The van der Waals surface area contributed by atoms with Gasteiger partial charge in [-0.2, -0.15) is 0 Å². The van der Waals surface area contributed by atoms with Crippen LogP contribution in [0.3, 0.4) is 0 Å². The number of hydrogen-bond donors (Lipinski definition) is 3. The number of H-pyrrole nitrogens is 1. The molecule has 1 aliphatic heterocycles. The van der Waals surface area contributed by atoms with E-state index in [4.69, 9.17) is 0 Å². The van der Waals surface area contributed by atoms with Crippen molar-refractivity contribution in [2.75, 3.05) is 13.1 Å². The van der Waals surface area contributed by atoms with Gasteiger partial charge in [0.05, 0.1) is 11.0 Å². The Morgan fingerprint density at radius 3 is 3.22 bits per heavy atom. The van der Waals surface area contributed by atoms with Gasteiger partial charge in [-0.25, -0.2) is 4.98 Å². The van der Waals surface area contributed by atoms with Crippen LogP contribution in [0.1, 0.15) is 24.2 Å². The van der Waals surface area contributed by atoms with Crippen molar-refractivity contribution >= 4 is 11.0 Å². The molecule has 4 heteroatoms. The largest absolute Gasteiger partial charge is 0.342 e. The van der Waals surface area contributed by atoms with Gasteiger partial charge in [-0.05, 0) is 44.0 Å². The Hall–Kier alpha value is -1.39. The van der Waals surface area contributed by atoms with E-state index >= 15 is 0 Å². The topological polar surface area (TPSA) is 52.7 Å². The maximum Gasteiger partial charge on any atom is 0.104 e. The van der Waals surface area contributed by atoms with Crippen LogP contribution in [0.5, 0.6) is 0 Å². The molecule has 96 valence electrons. The number of hydrogen-bond acceptors (Lipinski definition) is 3. The summed E-state index contributed by atoms with van der Waals surface area (Å²) in [5.74, 6) is 0.977. The molecule has 1 aromatic carbocycles. The van der Waals surface area contributed by atoms with E-state index in [0.717, 1.165) is 29.9 Å². The van der Waals surface area contributed by atoms with Gasteiger partial charge in [0.15, 0.2) is 0 Å². The van der Waals surface area contributed by atoms with Crippen LogP contribution in [0.15, 0.2) is 18.2 Å². The van der Waals surface area contributed by atoms with Gasteiger partial charge in [0.1, 0.15) is 5.82 Å². The summed E-state index contributed by atoms with van der Waals surface area (Å²) >= 11 is 0. The molecule has 2 heterocycles. The number of nitrogens with zero attached hydrogens (tertiary/aromatic N) is 1. The summed E-state index contributed by atoms with van der Waals surface area (Å²) in [5.41, 5.74) is 3.49. The smallest absolute Gasteiger partial charge is 0.104 e. The maximum absolute atomic E-state index is 4.41. The second-order valence-electron chi connectivity index (χ2n) is 5.10. The van der Waals surface area contributed by atoms with E-state index in [-0.39, 0.29) is 0 Å². The van der Waals surface area contributed by atoms with E-state index in [0.29, 0.717) is 6.04 Å². The van der Waals surface area contributed by atoms with Crippen molar-refractivity contribution in [3.8, 4) is 0 Å². The maximum atomic E-state index is 4.41. The second kappa shape index (κ2) is 5.08. The number of fused-ring (bicyclic) bond motifs is 1. The van der Waals surface area contributed by atoms with Crippen LogP contribution in [0.4, 0.5) is 0 Å². The molecule has 2 aromatic rings. The van der Waals surface area contributed by atoms with E-state index in [1.807, 2.05) is 6.92 Å².